The Balaban J connectivity index is 0.00000225. The first kappa shape index (κ1) is 21.8. The number of aryl methyl sites for hydroxylation is 1. The van der Waals surface area contributed by atoms with Gasteiger partial charge in [-0.15, -0.1) is 34.2 Å². The molecular formula is C19H34IN7O. The van der Waals surface area contributed by atoms with E-state index in [1.807, 2.05) is 18.5 Å². The molecule has 0 radical (unpaired) electrons. The predicted octanol–water partition coefficient (Wildman–Crippen LogP) is 1.58. The van der Waals surface area contributed by atoms with Gasteiger partial charge in [-0.2, -0.15) is 0 Å². The third-order valence-corrected chi connectivity index (χ3v) is 6.06. The average Bonchev–Trinajstić information content (AvgIpc) is 3.08. The van der Waals surface area contributed by atoms with Gasteiger partial charge in [-0.25, -0.2) is 4.99 Å². The van der Waals surface area contributed by atoms with Crippen molar-refractivity contribution in [3.05, 3.63) is 11.6 Å². The molecule has 0 spiro atoms. The third-order valence-electron chi connectivity index (χ3n) is 6.06. The predicted molar refractivity (Wildman–Crippen MR) is 120 cm³/mol. The summed E-state index contributed by atoms with van der Waals surface area (Å²) in [6, 6.07) is 1.90. The molecule has 2 N–H and O–H groups in total. The van der Waals surface area contributed by atoms with Gasteiger partial charge in [0.05, 0.1) is 6.10 Å². The summed E-state index contributed by atoms with van der Waals surface area (Å²) in [5.74, 6) is 2.65. The minimum absolute atomic E-state index is 0. The van der Waals surface area contributed by atoms with Crippen molar-refractivity contribution in [3.8, 4) is 0 Å². The molecular weight excluding hydrogens is 469 g/mol. The van der Waals surface area contributed by atoms with Gasteiger partial charge in [0.15, 0.2) is 11.8 Å². The standard InChI is InChI=1S/C19H33N7O.HI/c1-13-9-15(12-26(13)16-6-7-16)22-19(20-10-17-5-4-8-27-17)21-11-18-24-23-14(2)25(18)3;/h13,15-17H,4-12H2,1-3H3,(H2,20,21,22);1H. The highest BCUT2D eigenvalue weighted by atomic mass is 127. The monoisotopic (exact) mass is 503 g/mol. The number of nitrogens with zero attached hydrogens (tertiary/aromatic N) is 5. The number of aliphatic imine (C=N–C) groups is 1. The number of nitrogens with one attached hydrogen (secondary N) is 2. The molecule has 4 rings (SSSR count). The Morgan fingerprint density at radius 1 is 1.29 bits per heavy atom. The molecule has 158 valence electrons. The molecule has 3 aliphatic rings. The summed E-state index contributed by atoms with van der Waals surface area (Å²) in [4.78, 5) is 7.45. The van der Waals surface area contributed by atoms with Crippen molar-refractivity contribution < 1.29 is 4.74 Å². The van der Waals surface area contributed by atoms with E-state index in [2.05, 4.69) is 32.7 Å². The van der Waals surface area contributed by atoms with Crippen LogP contribution in [0, 0.1) is 6.92 Å². The molecule has 1 saturated carbocycles. The van der Waals surface area contributed by atoms with E-state index in [4.69, 9.17) is 9.73 Å². The summed E-state index contributed by atoms with van der Waals surface area (Å²) in [6.07, 6.45) is 6.46. The van der Waals surface area contributed by atoms with E-state index in [0.29, 0.717) is 24.7 Å². The van der Waals surface area contributed by atoms with Crippen LogP contribution in [0.5, 0.6) is 0 Å². The fraction of sp³-hybridized carbons (Fsp3) is 0.842. The van der Waals surface area contributed by atoms with Crippen molar-refractivity contribution in [3.63, 3.8) is 0 Å². The molecule has 9 heteroatoms. The number of guanidine groups is 1. The molecule has 0 amide bonds. The van der Waals surface area contributed by atoms with Crippen LogP contribution >= 0.6 is 24.0 Å². The molecule has 2 aliphatic heterocycles. The second-order valence-corrected chi connectivity index (χ2v) is 8.26. The minimum Gasteiger partial charge on any atom is -0.376 e. The number of hydrogen-bond acceptors (Lipinski definition) is 5. The highest BCUT2D eigenvalue weighted by Crippen LogP contribution is 2.33. The number of hydrogen-bond donors (Lipinski definition) is 2. The quantitative estimate of drug-likeness (QED) is 0.349. The van der Waals surface area contributed by atoms with E-state index >= 15 is 0 Å². The summed E-state index contributed by atoms with van der Waals surface area (Å²) < 4.78 is 7.75. The summed E-state index contributed by atoms with van der Waals surface area (Å²) in [7, 11) is 1.99. The van der Waals surface area contributed by atoms with Gasteiger partial charge in [0.1, 0.15) is 12.4 Å². The van der Waals surface area contributed by atoms with Crippen LogP contribution in [0.3, 0.4) is 0 Å². The molecule has 1 aromatic rings. The van der Waals surface area contributed by atoms with Crippen LogP contribution in [-0.4, -0.2) is 69.5 Å². The topological polar surface area (TPSA) is 79.6 Å². The second kappa shape index (κ2) is 9.71. The molecule has 28 heavy (non-hydrogen) atoms. The van der Waals surface area contributed by atoms with Gasteiger partial charge in [-0.05, 0) is 46.0 Å². The summed E-state index contributed by atoms with van der Waals surface area (Å²) in [6.45, 7) is 7.61. The lowest BCUT2D eigenvalue weighted by Crippen LogP contribution is -2.46. The molecule has 1 aliphatic carbocycles. The first-order valence-corrected chi connectivity index (χ1v) is 10.4. The average molecular weight is 503 g/mol. The van der Waals surface area contributed by atoms with Crippen molar-refractivity contribution in [1.29, 1.82) is 0 Å². The van der Waals surface area contributed by atoms with E-state index in [9.17, 15) is 0 Å². The van der Waals surface area contributed by atoms with E-state index in [0.717, 1.165) is 56.2 Å². The van der Waals surface area contributed by atoms with E-state index in [-0.39, 0.29) is 24.0 Å². The van der Waals surface area contributed by atoms with Crippen LogP contribution in [0.4, 0.5) is 0 Å². The fourth-order valence-corrected chi connectivity index (χ4v) is 4.18. The number of halogens is 1. The molecule has 8 nitrogen and oxygen atoms in total. The normalized spacial score (nSPS) is 28.4. The Morgan fingerprint density at radius 3 is 2.75 bits per heavy atom. The maximum Gasteiger partial charge on any atom is 0.192 e. The van der Waals surface area contributed by atoms with Gasteiger partial charge < -0.3 is 19.9 Å². The van der Waals surface area contributed by atoms with Gasteiger partial charge in [-0.1, -0.05) is 0 Å². The number of rotatable bonds is 6. The molecule has 0 bridgehead atoms. The Morgan fingerprint density at radius 2 is 2.11 bits per heavy atom. The Kier molecular flexibility index (Phi) is 7.54. The van der Waals surface area contributed by atoms with Crippen LogP contribution in [0.15, 0.2) is 4.99 Å². The molecule has 3 fully saturated rings. The summed E-state index contributed by atoms with van der Waals surface area (Å²) in [5.41, 5.74) is 0. The van der Waals surface area contributed by atoms with E-state index in [1.165, 1.54) is 19.3 Å². The molecule has 0 aromatic carbocycles. The SMILES string of the molecule is Cc1nnc(CN=C(NCC2CCCO2)NC2CC(C)N(C3CC3)C2)n1C.I. The van der Waals surface area contributed by atoms with E-state index < -0.39 is 0 Å². The summed E-state index contributed by atoms with van der Waals surface area (Å²) >= 11 is 0. The van der Waals surface area contributed by atoms with Crippen molar-refractivity contribution in [2.75, 3.05) is 19.7 Å². The molecule has 2 saturated heterocycles. The van der Waals surface area contributed by atoms with Gasteiger partial charge in [-0.3, -0.25) is 4.90 Å². The maximum absolute atomic E-state index is 5.75. The van der Waals surface area contributed by atoms with Crippen LogP contribution < -0.4 is 10.6 Å². The smallest absolute Gasteiger partial charge is 0.192 e. The molecule has 3 atom stereocenters. The highest BCUT2D eigenvalue weighted by Gasteiger charge is 2.39. The van der Waals surface area contributed by atoms with Gasteiger partial charge in [0, 0.05) is 44.9 Å². The number of likely N-dealkylation sites (tertiary alicyclic amines) is 1. The zero-order valence-electron chi connectivity index (χ0n) is 17.2. The highest BCUT2D eigenvalue weighted by molar-refractivity contribution is 14.0. The fourth-order valence-electron chi connectivity index (χ4n) is 4.18. The van der Waals surface area contributed by atoms with Gasteiger partial charge >= 0.3 is 0 Å². The van der Waals surface area contributed by atoms with Gasteiger partial charge in [0.25, 0.3) is 0 Å². The zero-order valence-corrected chi connectivity index (χ0v) is 19.6. The Bertz CT molecular complexity index is 669. The first-order chi connectivity index (χ1) is 13.1. The number of ether oxygens (including phenoxy) is 1. The van der Waals surface area contributed by atoms with Crippen LogP contribution in [0.1, 0.15) is 50.7 Å². The maximum atomic E-state index is 5.75. The first-order valence-electron chi connectivity index (χ1n) is 10.4. The molecule has 1 aromatic heterocycles. The van der Waals surface area contributed by atoms with Crippen molar-refractivity contribution in [2.24, 2.45) is 12.0 Å². The lowest BCUT2D eigenvalue weighted by molar-refractivity contribution is 0.113. The lowest BCUT2D eigenvalue weighted by Gasteiger charge is -2.21. The largest absolute Gasteiger partial charge is 0.376 e. The van der Waals surface area contributed by atoms with E-state index in [1.54, 1.807) is 0 Å². The van der Waals surface area contributed by atoms with Crippen LogP contribution in [-0.2, 0) is 18.3 Å². The van der Waals surface area contributed by atoms with Crippen molar-refractivity contribution in [2.45, 2.75) is 76.7 Å². The van der Waals surface area contributed by atoms with Crippen LogP contribution in [0.2, 0.25) is 0 Å². The van der Waals surface area contributed by atoms with Crippen LogP contribution in [0.25, 0.3) is 0 Å². The van der Waals surface area contributed by atoms with Crippen molar-refractivity contribution in [1.82, 2.24) is 30.3 Å². The van der Waals surface area contributed by atoms with Crippen molar-refractivity contribution >= 4 is 29.9 Å². The lowest BCUT2D eigenvalue weighted by atomic mass is 10.2. The van der Waals surface area contributed by atoms with Gasteiger partial charge in [0.2, 0.25) is 0 Å². The third kappa shape index (κ3) is 5.35. The molecule has 3 heterocycles. The molecule has 3 unspecified atom stereocenters. The number of aromatic nitrogens is 3. The Hall–Kier alpha value is -0.940. The Labute approximate surface area is 184 Å². The summed E-state index contributed by atoms with van der Waals surface area (Å²) in [5, 5.41) is 15.5. The second-order valence-electron chi connectivity index (χ2n) is 8.26. The zero-order chi connectivity index (χ0) is 18.8. The minimum atomic E-state index is 0.